The number of carbonyl (C=O) groups excluding carboxylic acids is 2. The highest BCUT2D eigenvalue weighted by Crippen LogP contribution is 2.34. The Morgan fingerprint density at radius 2 is 1.33 bits per heavy atom. The van der Waals surface area contributed by atoms with Crippen LogP contribution in [0.15, 0.2) is 0 Å². The summed E-state index contributed by atoms with van der Waals surface area (Å²) >= 11 is 0. The number of Topliss-reactive ketones (excluding diaryl/α,β-unsaturated/α-hetero) is 1. The molecule has 0 bridgehead atoms. The van der Waals surface area contributed by atoms with Crippen LogP contribution in [0.3, 0.4) is 0 Å². The van der Waals surface area contributed by atoms with Gasteiger partial charge in [0.2, 0.25) is 0 Å². The Balaban J connectivity index is 1.99. The van der Waals surface area contributed by atoms with Gasteiger partial charge in [-0.25, -0.2) is 0 Å². The number of ether oxygens (including phenoxy) is 2. The minimum absolute atomic E-state index is 0.0208. The zero-order valence-corrected chi connectivity index (χ0v) is 18.1. The molecule has 1 atom stereocenters. The van der Waals surface area contributed by atoms with Crippen LogP contribution in [-0.4, -0.2) is 29.1 Å². The number of esters is 1. The quantitative estimate of drug-likeness (QED) is 0.513. The van der Waals surface area contributed by atoms with Crippen LogP contribution in [-0.2, 0) is 19.1 Å². The number of ketones is 1. The van der Waals surface area contributed by atoms with Crippen molar-refractivity contribution in [3.05, 3.63) is 0 Å². The molecule has 2 aliphatic rings. The summed E-state index contributed by atoms with van der Waals surface area (Å²) < 4.78 is 12.3. The third-order valence-electron chi connectivity index (χ3n) is 6.45. The molecule has 156 valence electrons. The topological polar surface area (TPSA) is 52.6 Å². The summed E-state index contributed by atoms with van der Waals surface area (Å²) in [6, 6.07) is 0. The molecule has 0 saturated heterocycles. The van der Waals surface area contributed by atoms with Crippen LogP contribution in [0.1, 0.15) is 105 Å². The van der Waals surface area contributed by atoms with E-state index < -0.39 is 11.2 Å². The van der Waals surface area contributed by atoms with Crippen LogP contribution in [0, 0.1) is 11.8 Å². The van der Waals surface area contributed by atoms with Crippen LogP contribution in [0.25, 0.3) is 0 Å². The summed E-state index contributed by atoms with van der Waals surface area (Å²) in [6.07, 6.45) is 11.1. The molecule has 0 aromatic carbocycles. The Morgan fingerprint density at radius 1 is 0.852 bits per heavy atom. The van der Waals surface area contributed by atoms with E-state index in [1.807, 2.05) is 34.6 Å². The Morgan fingerprint density at radius 3 is 1.81 bits per heavy atom. The lowest BCUT2D eigenvalue weighted by Gasteiger charge is -2.40. The fraction of sp³-hybridized carbons (Fsp3) is 0.913. The molecule has 1 unspecified atom stereocenters. The SMILES string of the molecule is CCC(OC(C)(C)C(=O)C1CCCCC1)C(C)(C)OC(=O)C1CCCCC1. The molecule has 0 aromatic heterocycles. The molecule has 2 saturated carbocycles. The van der Waals surface area contributed by atoms with Crippen LogP contribution in [0.5, 0.6) is 0 Å². The molecule has 4 nitrogen and oxygen atoms in total. The van der Waals surface area contributed by atoms with Gasteiger partial charge in [0.05, 0.1) is 12.0 Å². The highest BCUT2D eigenvalue weighted by atomic mass is 16.6. The predicted octanol–water partition coefficient (Wildman–Crippen LogP) is 5.61. The molecular formula is C23H40O4. The van der Waals surface area contributed by atoms with E-state index in [9.17, 15) is 9.59 Å². The van der Waals surface area contributed by atoms with Crippen molar-refractivity contribution in [2.45, 2.75) is 123 Å². The molecule has 0 amide bonds. The lowest BCUT2D eigenvalue weighted by molar-refractivity contribution is -0.196. The van der Waals surface area contributed by atoms with Gasteiger partial charge in [0.1, 0.15) is 11.2 Å². The molecule has 4 heteroatoms. The minimum atomic E-state index is -0.850. The summed E-state index contributed by atoms with van der Waals surface area (Å²) in [6.45, 7) is 9.63. The van der Waals surface area contributed by atoms with Gasteiger partial charge in [-0.3, -0.25) is 9.59 Å². The Kier molecular flexibility index (Phi) is 7.91. The summed E-state index contributed by atoms with van der Waals surface area (Å²) in [7, 11) is 0. The minimum Gasteiger partial charge on any atom is -0.457 e. The second kappa shape index (κ2) is 9.54. The molecule has 0 heterocycles. The van der Waals surface area contributed by atoms with Gasteiger partial charge in [-0.05, 0) is 59.8 Å². The van der Waals surface area contributed by atoms with Gasteiger partial charge < -0.3 is 9.47 Å². The third kappa shape index (κ3) is 6.04. The molecule has 0 N–H and O–H groups in total. The van der Waals surface area contributed by atoms with Crippen molar-refractivity contribution in [1.82, 2.24) is 0 Å². The molecule has 0 spiro atoms. The van der Waals surface area contributed by atoms with Crippen molar-refractivity contribution in [3.63, 3.8) is 0 Å². The number of hydrogen-bond donors (Lipinski definition) is 0. The Bertz CT molecular complexity index is 497. The molecule has 2 fully saturated rings. The predicted molar refractivity (Wildman–Crippen MR) is 108 cm³/mol. The average Bonchev–Trinajstić information content (AvgIpc) is 2.66. The van der Waals surface area contributed by atoms with Gasteiger partial charge in [-0.1, -0.05) is 45.4 Å². The van der Waals surface area contributed by atoms with Gasteiger partial charge in [-0.2, -0.15) is 0 Å². The van der Waals surface area contributed by atoms with Gasteiger partial charge in [0, 0.05) is 5.92 Å². The van der Waals surface area contributed by atoms with Gasteiger partial charge in [0.25, 0.3) is 0 Å². The Labute approximate surface area is 165 Å². The zero-order chi connectivity index (χ0) is 20.1. The lowest BCUT2D eigenvalue weighted by Crippen LogP contribution is -2.50. The highest BCUT2D eigenvalue weighted by molar-refractivity contribution is 5.88. The van der Waals surface area contributed by atoms with E-state index in [4.69, 9.17) is 9.47 Å². The van der Waals surface area contributed by atoms with E-state index in [2.05, 4.69) is 0 Å². The van der Waals surface area contributed by atoms with Crippen LogP contribution in [0.4, 0.5) is 0 Å². The van der Waals surface area contributed by atoms with Crippen LogP contribution < -0.4 is 0 Å². The monoisotopic (exact) mass is 380 g/mol. The number of carbonyl (C=O) groups is 2. The van der Waals surface area contributed by atoms with Crippen LogP contribution >= 0.6 is 0 Å². The van der Waals surface area contributed by atoms with E-state index in [1.54, 1.807) is 0 Å². The van der Waals surface area contributed by atoms with Crippen molar-refractivity contribution in [2.24, 2.45) is 11.8 Å². The van der Waals surface area contributed by atoms with Gasteiger partial charge in [-0.15, -0.1) is 0 Å². The van der Waals surface area contributed by atoms with Crippen molar-refractivity contribution in [1.29, 1.82) is 0 Å². The summed E-state index contributed by atoms with van der Waals surface area (Å²) in [5.41, 5.74) is -1.59. The maximum atomic E-state index is 13.0. The van der Waals surface area contributed by atoms with Gasteiger partial charge >= 0.3 is 5.97 Å². The first-order valence-corrected chi connectivity index (χ1v) is 11.1. The molecular weight excluding hydrogens is 340 g/mol. The van der Waals surface area contributed by atoms with Crippen molar-refractivity contribution < 1.29 is 19.1 Å². The van der Waals surface area contributed by atoms with E-state index in [0.717, 1.165) is 51.4 Å². The molecule has 0 aromatic rings. The summed E-state index contributed by atoms with van der Waals surface area (Å²) in [4.78, 5) is 25.7. The maximum absolute atomic E-state index is 13.0. The first-order valence-electron chi connectivity index (χ1n) is 11.1. The molecule has 2 rings (SSSR count). The number of hydrogen-bond acceptors (Lipinski definition) is 4. The maximum Gasteiger partial charge on any atom is 0.309 e. The molecule has 0 aliphatic heterocycles. The van der Waals surface area contributed by atoms with Crippen molar-refractivity contribution in [3.8, 4) is 0 Å². The second-order valence-electron chi connectivity index (χ2n) is 9.58. The van der Waals surface area contributed by atoms with Gasteiger partial charge in [0.15, 0.2) is 5.78 Å². The smallest absolute Gasteiger partial charge is 0.309 e. The first-order chi connectivity index (χ1) is 12.7. The van der Waals surface area contributed by atoms with Crippen LogP contribution in [0.2, 0.25) is 0 Å². The lowest BCUT2D eigenvalue weighted by atomic mass is 9.80. The highest BCUT2D eigenvalue weighted by Gasteiger charge is 2.42. The normalized spacial score (nSPS) is 21.7. The fourth-order valence-electron chi connectivity index (χ4n) is 4.73. The van der Waals surface area contributed by atoms with E-state index in [0.29, 0.717) is 6.42 Å². The Hall–Kier alpha value is -0.900. The zero-order valence-electron chi connectivity index (χ0n) is 18.1. The fourth-order valence-corrected chi connectivity index (χ4v) is 4.73. The third-order valence-corrected chi connectivity index (χ3v) is 6.45. The van der Waals surface area contributed by atoms with E-state index >= 15 is 0 Å². The second-order valence-corrected chi connectivity index (χ2v) is 9.58. The number of rotatable bonds is 8. The molecule has 0 radical (unpaired) electrons. The van der Waals surface area contributed by atoms with E-state index in [1.165, 1.54) is 12.8 Å². The summed E-state index contributed by atoms with van der Waals surface area (Å²) in [5.74, 6) is 0.236. The summed E-state index contributed by atoms with van der Waals surface area (Å²) in [5, 5.41) is 0. The first kappa shape index (κ1) is 22.4. The standard InChI is InChI=1S/C23H40O4/c1-6-19(22(2,3)27-21(25)18-15-11-8-12-16-18)26-23(4,5)20(24)17-13-9-7-10-14-17/h17-19H,6-16H2,1-5H3. The van der Waals surface area contributed by atoms with Crippen molar-refractivity contribution in [2.75, 3.05) is 0 Å². The molecule has 27 heavy (non-hydrogen) atoms. The average molecular weight is 381 g/mol. The van der Waals surface area contributed by atoms with E-state index in [-0.39, 0.29) is 29.7 Å². The largest absolute Gasteiger partial charge is 0.457 e. The molecule has 2 aliphatic carbocycles. The van der Waals surface area contributed by atoms with Crippen molar-refractivity contribution >= 4 is 11.8 Å².